The molecule has 116 valence electrons. The maximum Gasteiger partial charge on any atom is 0.387 e. The number of hydrogen-bond donors (Lipinski definition) is 1. The Labute approximate surface area is 122 Å². The summed E-state index contributed by atoms with van der Waals surface area (Å²) in [5, 5.41) is 9.38. The fraction of sp³-hybridized carbons (Fsp3) is 0.533. The van der Waals surface area contributed by atoms with E-state index in [0.29, 0.717) is 18.7 Å². The van der Waals surface area contributed by atoms with Crippen LogP contribution < -0.4 is 4.74 Å². The standard InChI is InChI=1S/C15H19F2NO3/c1-10-5-4-8-18(13(10)14(19)20)9-11-6-2-3-7-12(11)21-15(16)17/h2-3,6-7,10,13,15H,4-5,8-9H2,1H3,(H,19,20). The number of benzene rings is 1. The molecule has 0 bridgehead atoms. The van der Waals surface area contributed by atoms with Gasteiger partial charge in [-0.05, 0) is 31.4 Å². The van der Waals surface area contributed by atoms with Crippen LogP contribution in [0.4, 0.5) is 8.78 Å². The summed E-state index contributed by atoms with van der Waals surface area (Å²) in [6.07, 6.45) is 1.77. The van der Waals surface area contributed by atoms with Crippen LogP contribution in [-0.4, -0.2) is 35.2 Å². The van der Waals surface area contributed by atoms with Gasteiger partial charge >= 0.3 is 12.6 Å². The number of carboxylic acid groups (broad SMARTS) is 1. The SMILES string of the molecule is CC1CCCN(Cc2ccccc2OC(F)F)C1C(=O)O. The van der Waals surface area contributed by atoms with Gasteiger partial charge in [0.1, 0.15) is 11.8 Å². The Hall–Kier alpha value is -1.69. The minimum absolute atomic E-state index is 0.0411. The number of alkyl halides is 2. The van der Waals surface area contributed by atoms with Crippen molar-refractivity contribution < 1.29 is 23.4 Å². The number of carboxylic acids is 1. The molecular weight excluding hydrogens is 280 g/mol. The molecule has 6 heteroatoms. The molecule has 1 N–H and O–H groups in total. The summed E-state index contributed by atoms with van der Waals surface area (Å²) in [5.41, 5.74) is 0.582. The second-order valence-corrected chi connectivity index (χ2v) is 5.36. The number of carbonyl (C=O) groups is 1. The largest absolute Gasteiger partial charge is 0.480 e. The van der Waals surface area contributed by atoms with Crippen LogP contribution in [0.15, 0.2) is 24.3 Å². The Bertz CT molecular complexity index is 496. The van der Waals surface area contributed by atoms with E-state index in [1.165, 1.54) is 6.07 Å². The Balaban J connectivity index is 2.18. The molecular formula is C15H19F2NO3. The molecule has 0 aromatic heterocycles. The molecule has 1 fully saturated rings. The van der Waals surface area contributed by atoms with E-state index in [0.717, 1.165) is 12.8 Å². The second-order valence-electron chi connectivity index (χ2n) is 5.36. The van der Waals surface area contributed by atoms with Crippen LogP contribution in [0.1, 0.15) is 25.3 Å². The highest BCUT2D eigenvalue weighted by Crippen LogP contribution is 2.28. The minimum atomic E-state index is -2.89. The number of likely N-dealkylation sites (tertiary alicyclic amines) is 1. The quantitative estimate of drug-likeness (QED) is 0.908. The molecule has 4 nitrogen and oxygen atoms in total. The van der Waals surface area contributed by atoms with Gasteiger partial charge < -0.3 is 9.84 Å². The van der Waals surface area contributed by atoms with Crippen molar-refractivity contribution in [1.82, 2.24) is 4.90 Å². The molecule has 1 saturated heterocycles. The van der Waals surface area contributed by atoms with Gasteiger partial charge in [0.25, 0.3) is 0 Å². The molecule has 0 amide bonds. The number of rotatable bonds is 5. The van der Waals surface area contributed by atoms with Crippen molar-refractivity contribution in [3.05, 3.63) is 29.8 Å². The summed E-state index contributed by atoms with van der Waals surface area (Å²) < 4.78 is 29.3. The van der Waals surface area contributed by atoms with Gasteiger partial charge in [-0.1, -0.05) is 25.1 Å². The summed E-state index contributed by atoms with van der Waals surface area (Å²) in [5.74, 6) is -0.719. The van der Waals surface area contributed by atoms with Crippen LogP contribution in [-0.2, 0) is 11.3 Å². The molecule has 1 aromatic carbocycles. The van der Waals surface area contributed by atoms with Crippen molar-refractivity contribution in [2.75, 3.05) is 6.54 Å². The Morgan fingerprint density at radius 3 is 2.86 bits per heavy atom. The lowest BCUT2D eigenvalue weighted by molar-refractivity contribution is -0.147. The number of piperidine rings is 1. The summed E-state index contributed by atoms with van der Waals surface area (Å²) in [6, 6.07) is 5.94. The second kappa shape index (κ2) is 6.85. The van der Waals surface area contributed by atoms with Gasteiger partial charge in [-0.25, -0.2) is 0 Å². The zero-order chi connectivity index (χ0) is 15.4. The van der Waals surface area contributed by atoms with Crippen LogP contribution in [0.5, 0.6) is 5.75 Å². The number of ether oxygens (including phenoxy) is 1. The normalized spacial score (nSPS) is 23.2. The van der Waals surface area contributed by atoms with Crippen LogP contribution in [0, 0.1) is 5.92 Å². The van der Waals surface area contributed by atoms with E-state index in [1.807, 2.05) is 11.8 Å². The van der Waals surface area contributed by atoms with Crippen molar-refractivity contribution in [3.8, 4) is 5.75 Å². The van der Waals surface area contributed by atoms with Crippen molar-refractivity contribution in [2.24, 2.45) is 5.92 Å². The van der Waals surface area contributed by atoms with E-state index in [2.05, 4.69) is 4.74 Å². The predicted molar refractivity (Wildman–Crippen MR) is 73.3 cm³/mol. The van der Waals surface area contributed by atoms with Gasteiger partial charge in [-0.2, -0.15) is 8.78 Å². The van der Waals surface area contributed by atoms with Crippen LogP contribution in [0.2, 0.25) is 0 Å². The first-order valence-electron chi connectivity index (χ1n) is 6.98. The van der Waals surface area contributed by atoms with Crippen molar-refractivity contribution in [3.63, 3.8) is 0 Å². The first-order chi connectivity index (χ1) is 9.99. The molecule has 1 aliphatic heterocycles. The lowest BCUT2D eigenvalue weighted by Crippen LogP contribution is -2.48. The highest BCUT2D eigenvalue weighted by molar-refractivity contribution is 5.74. The third-order valence-corrected chi connectivity index (χ3v) is 3.85. The average molecular weight is 299 g/mol. The van der Waals surface area contributed by atoms with E-state index < -0.39 is 18.6 Å². The first-order valence-corrected chi connectivity index (χ1v) is 6.98. The smallest absolute Gasteiger partial charge is 0.387 e. The minimum Gasteiger partial charge on any atom is -0.480 e. The zero-order valence-electron chi connectivity index (χ0n) is 11.8. The molecule has 2 unspecified atom stereocenters. The highest BCUT2D eigenvalue weighted by Gasteiger charge is 2.34. The third-order valence-electron chi connectivity index (χ3n) is 3.85. The monoisotopic (exact) mass is 299 g/mol. The molecule has 1 aliphatic rings. The Morgan fingerprint density at radius 2 is 2.19 bits per heavy atom. The molecule has 0 radical (unpaired) electrons. The first kappa shape index (κ1) is 15.7. The van der Waals surface area contributed by atoms with Crippen molar-refractivity contribution in [1.29, 1.82) is 0 Å². The lowest BCUT2D eigenvalue weighted by atomic mass is 9.90. The Morgan fingerprint density at radius 1 is 1.48 bits per heavy atom. The summed E-state index contributed by atoms with van der Waals surface area (Å²) >= 11 is 0. The van der Waals surface area contributed by atoms with Gasteiger partial charge in [-0.3, -0.25) is 9.69 Å². The van der Waals surface area contributed by atoms with E-state index in [9.17, 15) is 18.7 Å². The molecule has 0 aliphatic carbocycles. The molecule has 0 saturated carbocycles. The average Bonchev–Trinajstić information content (AvgIpc) is 2.40. The van der Waals surface area contributed by atoms with Gasteiger partial charge in [0, 0.05) is 12.1 Å². The maximum absolute atomic E-state index is 12.4. The maximum atomic E-state index is 12.4. The van der Waals surface area contributed by atoms with E-state index in [4.69, 9.17) is 0 Å². The summed E-state index contributed by atoms with van der Waals surface area (Å²) in [6.45, 7) is -0.0391. The van der Waals surface area contributed by atoms with Gasteiger partial charge in [-0.15, -0.1) is 0 Å². The number of halogens is 2. The predicted octanol–water partition coefficient (Wildman–Crippen LogP) is 2.97. The van der Waals surface area contributed by atoms with Gasteiger partial charge in [0.2, 0.25) is 0 Å². The molecule has 21 heavy (non-hydrogen) atoms. The van der Waals surface area contributed by atoms with Crippen molar-refractivity contribution >= 4 is 5.97 Å². The van der Waals surface area contributed by atoms with Gasteiger partial charge in [0.15, 0.2) is 0 Å². The molecule has 2 atom stereocenters. The fourth-order valence-corrected chi connectivity index (χ4v) is 2.91. The molecule has 1 heterocycles. The van der Waals surface area contributed by atoms with Crippen LogP contribution in [0.25, 0.3) is 0 Å². The van der Waals surface area contributed by atoms with Crippen LogP contribution in [0.3, 0.4) is 0 Å². The number of nitrogens with zero attached hydrogens (tertiary/aromatic N) is 1. The molecule has 0 spiro atoms. The number of hydrogen-bond acceptors (Lipinski definition) is 3. The molecule has 1 aromatic rings. The summed E-state index contributed by atoms with van der Waals surface area (Å²) in [4.78, 5) is 13.3. The van der Waals surface area contributed by atoms with E-state index in [-0.39, 0.29) is 11.7 Å². The third kappa shape index (κ3) is 3.91. The van der Waals surface area contributed by atoms with E-state index in [1.54, 1.807) is 18.2 Å². The molecule has 2 rings (SSSR count). The zero-order valence-corrected chi connectivity index (χ0v) is 11.8. The lowest BCUT2D eigenvalue weighted by Gasteiger charge is -2.37. The number of para-hydroxylation sites is 1. The summed E-state index contributed by atoms with van der Waals surface area (Å²) in [7, 11) is 0. The fourth-order valence-electron chi connectivity index (χ4n) is 2.91. The Kier molecular flexibility index (Phi) is 5.12. The topological polar surface area (TPSA) is 49.8 Å². The van der Waals surface area contributed by atoms with Crippen LogP contribution >= 0.6 is 0 Å². The van der Waals surface area contributed by atoms with Crippen molar-refractivity contribution in [2.45, 2.75) is 39.0 Å². The highest BCUT2D eigenvalue weighted by atomic mass is 19.3. The van der Waals surface area contributed by atoms with E-state index >= 15 is 0 Å². The number of aliphatic carboxylic acids is 1. The van der Waals surface area contributed by atoms with Gasteiger partial charge in [0.05, 0.1) is 0 Å².